The minimum absolute atomic E-state index is 0.0144. The molecular weight excluding hydrogens is 332 g/mol. The molecule has 2 aliphatic heterocycles. The molecule has 0 bridgehead atoms. The molecule has 0 radical (unpaired) electrons. The highest BCUT2D eigenvalue weighted by molar-refractivity contribution is 5.77. The molecule has 6 nitrogen and oxygen atoms in total. The molecule has 1 spiro atoms. The van der Waals surface area contributed by atoms with E-state index >= 15 is 0 Å². The number of benzene rings is 1. The van der Waals surface area contributed by atoms with Gasteiger partial charge in [0.1, 0.15) is 12.2 Å². The fourth-order valence-corrected chi connectivity index (χ4v) is 3.76. The van der Waals surface area contributed by atoms with Crippen LogP contribution in [0, 0.1) is 0 Å². The van der Waals surface area contributed by atoms with Gasteiger partial charge in [-0.1, -0.05) is 37.3 Å². The smallest absolute Gasteiger partial charge is 0.410 e. The van der Waals surface area contributed by atoms with Crippen molar-refractivity contribution in [1.29, 1.82) is 0 Å². The van der Waals surface area contributed by atoms with Crippen molar-refractivity contribution in [2.45, 2.75) is 38.2 Å². The zero-order valence-corrected chi connectivity index (χ0v) is 15.6. The molecule has 0 aromatic heterocycles. The summed E-state index contributed by atoms with van der Waals surface area (Å²) >= 11 is 0. The Hall–Kier alpha value is -2.08. The van der Waals surface area contributed by atoms with E-state index in [1.165, 1.54) is 5.56 Å². The lowest BCUT2D eigenvalue weighted by molar-refractivity contribution is -0.139. The summed E-state index contributed by atoms with van der Waals surface area (Å²) in [5.41, 5.74) is 0.771. The number of ether oxygens (including phenoxy) is 2. The fraction of sp³-hybridized carbons (Fsp3) is 0.600. The molecule has 2 heterocycles. The topological polar surface area (TPSA) is 59.1 Å². The maximum absolute atomic E-state index is 12.4. The lowest BCUT2D eigenvalue weighted by atomic mass is 9.91. The molecule has 0 N–H and O–H groups in total. The van der Waals surface area contributed by atoms with Gasteiger partial charge in [0.25, 0.3) is 0 Å². The second-order valence-electron chi connectivity index (χ2n) is 7.26. The van der Waals surface area contributed by atoms with Gasteiger partial charge in [-0.3, -0.25) is 4.79 Å². The van der Waals surface area contributed by atoms with Gasteiger partial charge in [-0.25, -0.2) is 4.79 Å². The van der Waals surface area contributed by atoms with Gasteiger partial charge >= 0.3 is 6.09 Å². The lowest BCUT2D eigenvalue weighted by Crippen LogP contribution is -2.49. The largest absolute Gasteiger partial charge is 0.441 e. The van der Waals surface area contributed by atoms with Crippen LogP contribution in [0.4, 0.5) is 4.79 Å². The standard InChI is InChI=1S/C20H28N2O4/c1-3-25-14-18(23)21-11-9-20(10-12-21)15-22(19(24)26-20)13-16(2)17-7-5-4-6-8-17/h4-8,16H,3,9-15H2,1-2H3. The molecule has 1 aromatic carbocycles. The quantitative estimate of drug-likeness (QED) is 0.782. The predicted octanol–water partition coefficient (Wildman–Crippen LogP) is 2.64. The molecule has 2 fully saturated rings. The first-order valence-corrected chi connectivity index (χ1v) is 9.41. The molecule has 1 aromatic rings. The molecule has 2 amide bonds. The van der Waals surface area contributed by atoms with Gasteiger partial charge in [0.05, 0.1) is 6.54 Å². The number of likely N-dealkylation sites (tertiary alicyclic amines) is 1. The van der Waals surface area contributed by atoms with Gasteiger partial charge < -0.3 is 19.3 Å². The Morgan fingerprint density at radius 2 is 1.96 bits per heavy atom. The number of hydrogen-bond acceptors (Lipinski definition) is 4. The maximum atomic E-state index is 12.4. The number of hydrogen-bond donors (Lipinski definition) is 0. The second kappa shape index (κ2) is 8.08. The highest BCUT2D eigenvalue weighted by Crippen LogP contribution is 2.34. The summed E-state index contributed by atoms with van der Waals surface area (Å²) in [6.45, 7) is 7.15. The zero-order chi connectivity index (χ0) is 18.6. The van der Waals surface area contributed by atoms with Crippen LogP contribution >= 0.6 is 0 Å². The minimum Gasteiger partial charge on any atom is -0.441 e. The Bertz CT molecular complexity index is 626. The predicted molar refractivity (Wildman–Crippen MR) is 97.9 cm³/mol. The van der Waals surface area contributed by atoms with Gasteiger partial charge in [0, 0.05) is 39.1 Å². The Morgan fingerprint density at radius 1 is 1.27 bits per heavy atom. The van der Waals surface area contributed by atoms with Crippen LogP contribution in [-0.4, -0.2) is 66.8 Å². The number of amides is 2. The van der Waals surface area contributed by atoms with Crippen LogP contribution in [0.5, 0.6) is 0 Å². The first-order valence-electron chi connectivity index (χ1n) is 9.41. The van der Waals surface area contributed by atoms with E-state index < -0.39 is 5.60 Å². The Labute approximate surface area is 155 Å². The van der Waals surface area contributed by atoms with Crippen molar-refractivity contribution in [2.75, 3.05) is 39.4 Å². The van der Waals surface area contributed by atoms with Gasteiger partial charge in [-0.15, -0.1) is 0 Å². The van der Waals surface area contributed by atoms with Crippen molar-refractivity contribution in [3.05, 3.63) is 35.9 Å². The summed E-state index contributed by atoms with van der Waals surface area (Å²) in [6, 6.07) is 10.2. The van der Waals surface area contributed by atoms with E-state index in [0.29, 0.717) is 45.6 Å². The summed E-state index contributed by atoms with van der Waals surface area (Å²) in [5, 5.41) is 0. The van der Waals surface area contributed by atoms with Crippen molar-refractivity contribution in [1.82, 2.24) is 9.80 Å². The van der Waals surface area contributed by atoms with Crippen LogP contribution in [0.15, 0.2) is 30.3 Å². The average Bonchev–Trinajstić information content (AvgIpc) is 2.95. The van der Waals surface area contributed by atoms with E-state index in [1.807, 2.05) is 34.9 Å². The van der Waals surface area contributed by atoms with Crippen LogP contribution in [0.25, 0.3) is 0 Å². The number of carbonyl (C=O) groups excluding carboxylic acids is 2. The summed E-state index contributed by atoms with van der Waals surface area (Å²) in [6.07, 6.45) is 1.14. The van der Waals surface area contributed by atoms with Gasteiger partial charge in [-0.05, 0) is 18.4 Å². The number of carbonyl (C=O) groups is 2. The van der Waals surface area contributed by atoms with E-state index in [9.17, 15) is 9.59 Å². The van der Waals surface area contributed by atoms with Crippen molar-refractivity contribution < 1.29 is 19.1 Å². The van der Waals surface area contributed by atoms with Crippen LogP contribution < -0.4 is 0 Å². The van der Waals surface area contributed by atoms with E-state index in [4.69, 9.17) is 9.47 Å². The molecule has 6 heteroatoms. The summed E-state index contributed by atoms with van der Waals surface area (Å²) < 4.78 is 11.0. The van der Waals surface area contributed by atoms with Gasteiger partial charge in [-0.2, -0.15) is 0 Å². The molecule has 0 aliphatic carbocycles. The third kappa shape index (κ3) is 4.18. The van der Waals surface area contributed by atoms with Crippen LogP contribution in [0.2, 0.25) is 0 Å². The highest BCUT2D eigenvalue weighted by Gasteiger charge is 2.47. The molecule has 1 atom stereocenters. The van der Waals surface area contributed by atoms with Gasteiger partial charge in [0.2, 0.25) is 5.91 Å². The first kappa shape index (κ1) is 18.7. The summed E-state index contributed by atoms with van der Waals surface area (Å²) in [4.78, 5) is 28.1. The first-order chi connectivity index (χ1) is 12.5. The lowest BCUT2D eigenvalue weighted by Gasteiger charge is -2.37. The number of piperidine rings is 1. The normalized spacial score (nSPS) is 20.3. The van der Waals surface area contributed by atoms with Crippen LogP contribution in [-0.2, 0) is 14.3 Å². The molecular formula is C20H28N2O4. The molecule has 142 valence electrons. The molecule has 1 unspecified atom stereocenters. The summed E-state index contributed by atoms with van der Waals surface area (Å²) in [7, 11) is 0. The minimum atomic E-state index is -0.449. The van der Waals surface area contributed by atoms with Crippen molar-refractivity contribution in [2.24, 2.45) is 0 Å². The molecule has 2 aliphatic rings. The third-order valence-electron chi connectivity index (χ3n) is 5.36. The van der Waals surface area contributed by atoms with E-state index in [2.05, 4.69) is 19.1 Å². The molecule has 2 saturated heterocycles. The summed E-state index contributed by atoms with van der Waals surface area (Å²) in [5.74, 6) is 0.271. The van der Waals surface area contributed by atoms with E-state index in [0.717, 1.165) is 0 Å². The molecule has 3 rings (SSSR count). The van der Waals surface area contributed by atoms with Crippen molar-refractivity contribution >= 4 is 12.0 Å². The SMILES string of the molecule is CCOCC(=O)N1CCC2(CC1)CN(CC(C)c1ccccc1)C(=O)O2. The number of rotatable bonds is 6. The Balaban J connectivity index is 1.54. The highest BCUT2D eigenvalue weighted by atomic mass is 16.6. The Morgan fingerprint density at radius 3 is 2.62 bits per heavy atom. The second-order valence-corrected chi connectivity index (χ2v) is 7.26. The van der Waals surface area contributed by atoms with Crippen LogP contribution in [0.1, 0.15) is 38.2 Å². The maximum Gasteiger partial charge on any atom is 0.410 e. The monoisotopic (exact) mass is 360 g/mol. The van der Waals surface area contributed by atoms with E-state index in [1.54, 1.807) is 0 Å². The zero-order valence-electron chi connectivity index (χ0n) is 15.6. The van der Waals surface area contributed by atoms with Crippen molar-refractivity contribution in [3.8, 4) is 0 Å². The third-order valence-corrected chi connectivity index (χ3v) is 5.36. The number of nitrogens with zero attached hydrogens (tertiary/aromatic N) is 2. The van der Waals surface area contributed by atoms with Crippen molar-refractivity contribution in [3.63, 3.8) is 0 Å². The molecule has 0 saturated carbocycles. The Kier molecular flexibility index (Phi) is 5.81. The van der Waals surface area contributed by atoms with Crippen LogP contribution in [0.3, 0.4) is 0 Å². The molecule has 26 heavy (non-hydrogen) atoms. The fourth-order valence-electron chi connectivity index (χ4n) is 3.76. The van der Waals surface area contributed by atoms with Gasteiger partial charge in [0.15, 0.2) is 0 Å². The average molecular weight is 360 g/mol. The van der Waals surface area contributed by atoms with E-state index in [-0.39, 0.29) is 24.5 Å².